The highest BCUT2D eigenvalue weighted by atomic mass is 16.5. The molecule has 0 fully saturated rings. The number of unbranched alkanes of at least 4 members (excludes halogenated alkanes) is 7. The number of carbonyl (C=O) groups excluding carboxylic acids is 1. The topological polar surface area (TPSA) is 57.2 Å². The first-order valence-electron chi connectivity index (χ1n) is 8.31. The Balaban J connectivity index is 2.11. The average molecular weight is 294 g/mol. The minimum absolute atomic E-state index is 0.267. The third-order valence-electron chi connectivity index (χ3n) is 3.70. The molecular weight excluding hydrogens is 264 g/mol. The van der Waals surface area contributed by atoms with Crippen molar-refractivity contribution in [2.45, 2.75) is 71.8 Å². The van der Waals surface area contributed by atoms with Crippen LogP contribution in [0.15, 0.2) is 12.3 Å². The fourth-order valence-electron chi connectivity index (χ4n) is 2.44. The van der Waals surface area contributed by atoms with Crippen molar-refractivity contribution in [1.29, 1.82) is 0 Å². The van der Waals surface area contributed by atoms with E-state index in [0.717, 1.165) is 19.4 Å². The first-order chi connectivity index (χ1) is 10.2. The predicted octanol–water partition coefficient (Wildman–Crippen LogP) is 4.39. The zero-order valence-electron chi connectivity index (χ0n) is 13.6. The number of nitrogens with two attached hydrogens (primary N) is 1. The molecule has 0 spiro atoms. The lowest BCUT2D eigenvalue weighted by Crippen LogP contribution is -2.11. The predicted molar refractivity (Wildman–Crippen MR) is 87.4 cm³/mol. The molecule has 21 heavy (non-hydrogen) atoms. The van der Waals surface area contributed by atoms with Crippen LogP contribution in [0.1, 0.15) is 75.7 Å². The van der Waals surface area contributed by atoms with Crippen LogP contribution in [0.25, 0.3) is 0 Å². The van der Waals surface area contributed by atoms with Crippen molar-refractivity contribution in [2.75, 3.05) is 12.3 Å². The van der Waals surface area contributed by atoms with Gasteiger partial charge < -0.3 is 15.0 Å². The summed E-state index contributed by atoms with van der Waals surface area (Å²) >= 11 is 0. The van der Waals surface area contributed by atoms with Crippen molar-refractivity contribution >= 4 is 11.7 Å². The molecule has 0 saturated heterocycles. The summed E-state index contributed by atoms with van der Waals surface area (Å²) in [6, 6.07) is 1.68. The van der Waals surface area contributed by atoms with Gasteiger partial charge in [-0.2, -0.15) is 0 Å². The minimum Gasteiger partial charge on any atom is -0.461 e. The van der Waals surface area contributed by atoms with E-state index < -0.39 is 0 Å². The zero-order chi connectivity index (χ0) is 15.5. The summed E-state index contributed by atoms with van der Waals surface area (Å²) < 4.78 is 7.14. The van der Waals surface area contributed by atoms with Crippen LogP contribution in [-0.4, -0.2) is 17.1 Å². The van der Waals surface area contributed by atoms with Gasteiger partial charge in [-0.25, -0.2) is 4.79 Å². The maximum Gasteiger partial charge on any atom is 0.355 e. The van der Waals surface area contributed by atoms with E-state index in [1.165, 1.54) is 38.5 Å². The molecule has 0 aliphatic heterocycles. The fraction of sp³-hybridized carbons (Fsp3) is 0.706. The number of esters is 1. The van der Waals surface area contributed by atoms with Crippen molar-refractivity contribution in [3.8, 4) is 0 Å². The van der Waals surface area contributed by atoms with E-state index in [-0.39, 0.29) is 5.97 Å². The molecule has 0 amide bonds. The quantitative estimate of drug-likeness (QED) is 0.486. The number of ether oxygens (including phenoxy) is 1. The van der Waals surface area contributed by atoms with E-state index >= 15 is 0 Å². The number of nitrogens with zero attached hydrogens (tertiary/aromatic N) is 1. The van der Waals surface area contributed by atoms with Crippen LogP contribution < -0.4 is 5.73 Å². The van der Waals surface area contributed by atoms with E-state index in [9.17, 15) is 4.79 Å². The molecule has 120 valence electrons. The number of rotatable bonds is 11. The van der Waals surface area contributed by atoms with Gasteiger partial charge in [-0.1, -0.05) is 51.9 Å². The van der Waals surface area contributed by atoms with Crippen LogP contribution in [0.3, 0.4) is 0 Å². The Morgan fingerprint density at radius 1 is 1.10 bits per heavy atom. The Labute approximate surface area is 128 Å². The molecule has 2 N–H and O–H groups in total. The highest BCUT2D eigenvalue weighted by molar-refractivity contribution is 5.89. The maximum atomic E-state index is 11.9. The van der Waals surface area contributed by atoms with Crippen molar-refractivity contribution in [3.05, 3.63) is 18.0 Å². The number of nitrogen functional groups attached to an aromatic ring is 1. The van der Waals surface area contributed by atoms with Gasteiger partial charge in [0.2, 0.25) is 0 Å². The summed E-state index contributed by atoms with van der Waals surface area (Å²) in [4.78, 5) is 11.9. The van der Waals surface area contributed by atoms with E-state index in [4.69, 9.17) is 10.5 Å². The Kier molecular flexibility index (Phi) is 8.63. The van der Waals surface area contributed by atoms with Gasteiger partial charge in [0, 0.05) is 12.7 Å². The van der Waals surface area contributed by atoms with Crippen molar-refractivity contribution in [1.82, 2.24) is 4.57 Å². The number of hydrogen-bond donors (Lipinski definition) is 1. The third-order valence-corrected chi connectivity index (χ3v) is 3.70. The van der Waals surface area contributed by atoms with Gasteiger partial charge in [0.05, 0.1) is 12.3 Å². The van der Waals surface area contributed by atoms with Gasteiger partial charge in [-0.15, -0.1) is 0 Å². The minimum atomic E-state index is -0.267. The SMILES string of the molecule is CCCCCCCCCCOC(=O)c1cc(N)cn1CC. The molecule has 0 aliphatic rings. The molecule has 1 aromatic rings. The summed E-state index contributed by atoms with van der Waals surface area (Å²) in [5, 5.41) is 0. The Morgan fingerprint density at radius 3 is 2.33 bits per heavy atom. The number of aromatic nitrogens is 1. The second-order valence-electron chi connectivity index (χ2n) is 5.56. The van der Waals surface area contributed by atoms with Gasteiger partial charge in [0.25, 0.3) is 0 Å². The second-order valence-corrected chi connectivity index (χ2v) is 5.56. The molecule has 4 heteroatoms. The fourth-order valence-corrected chi connectivity index (χ4v) is 2.44. The van der Waals surface area contributed by atoms with Gasteiger partial charge in [0.1, 0.15) is 5.69 Å². The number of carbonyl (C=O) groups is 1. The number of hydrogen-bond acceptors (Lipinski definition) is 3. The molecule has 0 bridgehead atoms. The lowest BCUT2D eigenvalue weighted by Gasteiger charge is -2.07. The van der Waals surface area contributed by atoms with E-state index in [1.807, 2.05) is 11.5 Å². The van der Waals surface area contributed by atoms with Crippen molar-refractivity contribution in [2.24, 2.45) is 0 Å². The summed E-state index contributed by atoms with van der Waals surface area (Å²) in [5.41, 5.74) is 6.87. The monoisotopic (exact) mass is 294 g/mol. The van der Waals surface area contributed by atoms with E-state index in [1.54, 1.807) is 12.3 Å². The summed E-state index contributed by atoms with van der Waals surface area (Å²) in [5.74, 6) is -0.267. The molecule has 4 nitrogen and oxygen atoms in total. The lowest BCUT2D eigenvalue weighted by atomic mass is 10.1. The molecular formula is C17H30N2O2. The van der Waals surface area contributed by atoms with Gasteiger partial charge in [-0.3, -0.25) is 0 Å². The maximum absolute atomic E-state index is 11.9. The molecule has 1 heterocycles. The zero-order valence-corrected chi connectivity index (χ0v) is 13.6. The Morgan fingerprint density at radius 2 is 1.71 bits per heavy atom. The standard InChI is InChI=1S/C17H30N2O2/c1-3-5-6-7-8-9-10-11-12-21-17(20)16-13-15(18)14-19(16)4-2/h13-14H,3-12,18H2,1-2H3. The molecule has 0 unspecified atom stereocenters. The molecule has 0 saturated carbocycles. The molecule has 1 aromatic heterocycles. The third kappa shape index (κ3) is 6.69. The van der Waals surface area contributed by atoms with Crippen molar-refractivity contribution < 1.29 is 9.53 Å². The smallest absolute Gasteiger partial charge is 0.355 e. The van der Waals surface area contributed by atoms with Crippen LogP contribution in [0.2, 0.25) is 0 Å². The molecule has 0 aromatic carbocycles. The first kappa shape index (κ1) is 17.6. The summed E-state index contributed by atoms with van der Waals surface area (Å²) in [7, 11) is 0. The number of aryl methyl sites for hydroxylation is 1. The van der Waals surface area contributed by atoms with E-state index in [0.29, 0.717) is 18.0 Å². The van der Waals surface area contributed by atoms with Crippen LogP contribution in [-0.2, 0) is 11.3 Å². The average Bonchev–Trinajstić information content (AvgIpc) is 2.86. The van der Waals surface area contributed by atoms with Crippen LogP contribution >= 0.6 is 0 Å². The summed E-state index contributed by atoms with van der Waals surface area (Å²) in [6.45, 7) is 5.44. The highest BCUT2D eigenvalue weighted by Crippen LogP contribution is 2.13. The number of anilines is 1. The van der Waals surface area contributed by atoms with Crippen molar-refractivity contribution in [3.63, 3.8) is 0 Å². The van der Waals surface area contributed by atoms with Gasteiger partial charge in [0.15, 0.2) is 0 Å². The first-order valence-corrected chi connectivity index (χ1v) is 8.31. The highest BCUT2D eigenvalue weighted by Gasteiger charge is 2.13. The lowest BCUT2D eigenvalue weighted by molar-refractivity contribution is 0.0485. The van der Waals surface area contributed by atoms with Gasteiger partial charge in [-0.05, 0) is 19.4 Å². The second kappa shape index (κ2) is 10.3. The molecule has 0 radical (unpaired) electrons. The Bertz CT molecular complexity index is 413. The molecule has 1 rings (SSSR count). The molecule has 0 aliphatic carbocycles. The molecule has 0 atom stereocenters. The van der Waals surface area contributed by atoms with E-state index in [2.05, 4.69) is 6.92 Å². The Hall–Kier alpha value is -1.45. The van der Waals surface area contributed by atoms with Crippen LogP contribution in [0, 0.1) is 0 Å². The van der Waals surface area contributed by atoms with Gasteiger partial charge >= 0.3 is 5.97 Å². The van der Waals surface area contributed by atoms with Crippen LogP contribution in [0.4, 0.5) is 5.69 Å². The normalized spacial score (nSPS) is 10.8. The van der Waals surface area contributed by atoms with Crippen LogP contribution in [0.5, 0.6) is 0 Å². The largest absolute Gasteiger partial charge is 0.461 e. The summed E-state index contributed by atoms with van der Waals surface area (Å²) in [6.07, 6.45) is 11.7.